The number of carbonyl (C=O) groups is 1. The Bertz CT molecular complexity index is 682. The Morgan fingerprint density at radius 2 is 2.05 bits per heavy atom. The highest BCUT2D eigenvalue weighted by molar-refractivity contribution is 7.99. The van der Waals surface area contributed by atoms with Crippen LogP contribution in [0, 0.1) is 11.3 Å². The van der Waals surface area contributed by atoms with Crippen LogP contribution in [0.3, 0.4) is 0 Å². The van der Waals surface area contributed by atoms with Crippen molar-refractivity contribution in [3.63, 3.8) is 0 Å². The van der Waals surface area contributed by atoms with Crippen molar-refractivity contribution >= 4 is 35.0 Å². The molecule has 1 N–H and O–H groups in total. The second-order valence-electron chi connectivity index (χ2n) is 4.26. The molecule has 21 heavy (non-hydrogen) atoms. The third-order valence-corrected chi connectivity index (χ3v) is 3.95. The van der Waals surface area contributed by atoms with Crippen molar-refractivity contribution < 1.29 is 4.79 Å². The lowest BCUT2D eigenvalue weighted by molar-refractivity contribution is -0.115. The van der Waals surface area contributed by atoms with E-state index in [9.17, 15) is 4.79 Å². The Kier molecular flexibility index (Phi) is 5.68. The molecule has 106 valence electrons. The Balaban J connectivity index is 1.84. The molecule has 0 fully saturated rings. The van der Waals surface area contributed by atoms with Gasteiger partial charge in [-0.25, -0.2) is 0 Å². The van der Waals surface area contributed by atoms with Gasteiger partial charge >= 0.3 is 0 Å². The van der Waals surface area contributed by atoms with Gasteiger partial charge in [0.1, 0.15) is 6.07 Å². The number of carbonyl (C=O) groups excluding carboxylic acids is 1. The Morgan fingerprint density at radius 1 is 1.24 bits per heavy atom. The van der Waals surface area contributed by atoms with E-state index in [-0.39, 0.29) is 5.91 Å². The monoisotopic (exact) mass is 316 g/mol. The quantitative estimate of drug-likeness (QED) is 0.835. The summed E-state index contributed by atoms with van der Waals surface area (Å²) < 4.78 is 0. The second kappa shape index (κ2) is 7.72. The van der Waals surface area contributed by atoms with Crippen molar-refractivity contribution in [2.45, 2.75) is 11.3 Å². The molecule has 0 unspecified atom stereocenters. The molecule has 0 radical (unpaired) electrons. The van der Waals surface area contributed by atoms with Gasteiger partial charge in [-0.1, -0.05) is 29.8 Å². The van der Waals surface area contributed by atoms with Gasteiger partial charge in [0, 0.05) is 22.1 Å². The normalized spacial score (nSPS) is 9.90. The van der Waals surface area contributed by atoms with E-state index >= 15 is 0 Å². The molecule has 0 spiro atoms. The van der Waals surface area contributed by atoms with Crippen LogP contribution < -0.4 is 5.32 Å². The number of nitriles is 1. The van der Waals surface area contributed by atoms with Gasteiger partial charge in [0.2, 0.25) is 5.91 Å². The van der Waals surface area contributed by atoms with Gasteiger partial charge in [0.15, 0.2) is 0 Å². The predicted octanol–water partition coefficient (Wildman–Crippen LogP) is 4.33. The minimum atomic E-state index is -0.104. The molecule has 3 nitrogen and oxygen atoms in total. The number of rotatable bonds is 5. The number of para-hydroxylation sites is 1. The molecule has 2 aromatic rings. The van der Waals surface area contributed by atoms with Crippen LogP contribution in [0.25, 0.3) is 0 Å². The fourth-order valence-corrected chi connectivity index (χ4v) is 2.88. The smallest absolute Gasteiger partial charge is 0.225 e. The van der Waals surface area contributed by atoms with Crippen LogP contribution in [-0.2, 0) is 4.79 Å². The molecule has 2 rings (SSSR count). The molecule has 0 aliphatic heterocycles. The van der Waals surface area contributed by atoms with E-state index in [0.717, 1.165) is 4.90 Å². The van der Waals surface area contributed by atoms with Crippen LogP contribution in [0.5, 0.6) is 0 Å². The molecule has 0 aliphatic carbocycles. The first-order valence-corrected chi connectivity index (χ1v) is 7.73. The fourth-order valence-electron chi connectivity index (χ4n) is 1.72. The predicted molar refractivity (Wildman–Crippen MR) is 86.6 cm³/mol. The number of nitrogens with zero attached hydrogens (tertiary/aromatic N) is 1. The van der Waals surface area contributed by atoms with E-state index in [2.05, 4.69) is 11.4 Å². The van der Waals surface area contributed by atoms with E-state index in [1.807, 2.05) is 24.3 Å². The number of halogens is 1. The van der Waals surface area contributed by atoms with Gasteiger partial charge < -0.3 is 5.32 Å². The maximum Gasteiger partial charge on any atom is 0.225 e. The van der Waals surface area contributed by atoms with Gasteiger partial charge in [-0.05, 0) is 30.3 Å². The summed E-state index contributed by atoms with van der Waals surface area (Å²) in [5.74, 6) is 0.549. The average molecular weight is 317 g/mol. The lowest BCUT2D eigenvalue weighted by atomic mass is 10.2. The average Bonchev–Trinajstić information content (AvgIpc) is 2.48. The summed E-state index contributed by atoms with van der Waals surface area (Å²) in [6.45, 7) is 0. The fraction of sp³-hybridized carbons (Fsp3) is 0.125. The summed E-state index contributed by atoms with van der Waals surface area (Å²) in [6.07, 6.45) is 0.372. The summed E-state index contributed by atoms with van der Waals surface area (Å²) in [7, 11) is 0. The van der Waals surface area contributed by atoms with Crippen LogP contribution in [0.4, 0.5) is 5.69 Å². The van der Waals surface area contributed by atoms with Gasteiger partial charge in [0.25, 0.3) is 0 Å². The zero-order valence-electron chi connectivity index (χ0n) is 11.2. The maximum atomic E-state index is 11.9. The van der Waals surface area contributed by atoms with Crippen LogP contribution in [-0.4, -0.2) is 11.7 Å². The summed E-state index contributed by atoms with van der Waals surface area (Å²) in [5, 5.41) is 12.4. The molecular weight excluding hydrogens is 304 g/mol. The van der Waals surface area contributed by atoms with Gasteiger partial charge in [-0.3, -0.25) is 4.79 Å². The van der Waals surface area contributed by atoms with Crippen LogP contribution >= 0.6 is 23.4 Å². The topological polar surface area (TPSA) is 52.9 Å². The number of benzene rings is 2. The summed E-state index contributed by atoms with van der Waals surface area (Å²) in [4.78, 5) is 12.9. The molecule has 0 saturated heterocycles. The molecule has 0 atom stereocenters. The Morgan fingerprint density at radius 3 is 2.81 bits per heavy atom. The van der Waals surface area contributed by atoms with Crippen molar-refractivity contribution in [2.75, 3.05) is 11.1 Å². The van der Waals surface area contributed by atoms with Crippen molar-refractivity contribution in [3.05, 3.63) is 59.1 Å². The van der Waals surface area contributed by atoms with E-state index in [0.29, 0.717) is 28.4 Å². The van der Waals surface area contributed by atoms with E-state index < -0.39 is 0 Å². The van der Waals surface area contributed by atoms with Crippen molar-refractivity contribution in [3.8, 4) is 6.07 Å². The van der Waals surface area contributed by atoms with Crippen molar-refractivity contribution in [2.24, 2.45) is 0 Å². The standard InChI is InChI=1S/C16H13ClN2OS/c17-13-5-3-6-14(10-13)21-9-8-16(20)19-15-7-2-1-4-12(15)11-18/h1-7,10H,8-9H2,(H,19,20). The molecule has 0 aliphatic rings. The Labute approximate surface area is 132 Å². The third kappa shape index (κ3) is 4.82. The SMILES string of the molecule is N#Cc1ccccc1NC(=O)CCSc1cccc(Cl)c1. The second-order valence-corrected chi connectivity index (χ2v) is 5.87. The Hall–Kier alpha value is -1.96. The first kappa shape index (κ1) is 15.4. The molecule has 0 bridgehead atoms. The highest BCUT2D eigenvalue weighted by Crippen LogP contribution is 2.22. The molecule has 0 saturated carbocycles. The summed E-state index contributed by atoms with van der Waals surface area (Å²) >= 11 is 7.48. The molecular formula is C16H13ClN2OS. The van der Waals surface area contributed by atoms with Crippen molar-refractivity contribution in [1.82, 2.24) is 0 Å². The van der Waals surface area contributed by atoms with Gasteiger partial charge in [-0.2, -0.15) is 5.26 Å². The number of amides is 1. The molecule has 5 heteroatoms. The van der Waals surface area contributed by atoms with E-state index in [1.165, 1.54) is 0 Å². The van der Waals surface area contributed by atoms with E-state index in [4.69, 9.17) is 16.9 Å². The first-order valence-electron chi connectivity index (χ1n) is 6.36. The highest BCUT2D eigenvalue weighted by atomic mass is 35.5. The molecule has 0 aromatic heterocycles. The largest absolute Gasteiger partial charge is 0.325 e. The summed E-state index contributed by atoms with van der Waals surface area (Å²) in [5.41, 5.74) is 1.02. The van der Waals surface area contributed by atoms with Crippen molar-refractivity contribution in [1.29, 1.82) is 5.26 Å². The zero-order valence-corrected chi connectivity index (χ0v) is 12.7. The van der Waals surface area contributed by atoms with Crippen LogP contribution in [0.2, 0.25) is 5.02 Å². The van der Waals surface area contributed by atoms with Gasteiger partial charge in [0.05, 0.1) is 11.3 Å². The number of hydrogen-bond acceptors (Lipinski definition) is 3. The maximum absolute atomic E-state index is 11.9. The minimum Gasteiger partial charge on any atom is -0.325 e. The number of hydrogen-bond donors (Lipinski definition) is 1. The number of nitrogens with one attached hydrogen (secondary N) is 1. The number of thioether (sulfide) groups is 1. The lowest BCUT2D eigenvalue weighted by Crippen LogP contribution is -2.13. The van der Waals surface area contributed by atoms with Gasteiger partial charge in [-0.15, -0.1) is 11.8 Å². The molecule has 2 aromatic carbocycles. The number of anilines is 1. The van der Waals surface area contributed by atoms with Crippen LogP contribution in [0.1, 0.15) is 12.0 Å². The van der Waals surface area contributed by atoms with E-state index in [1.54, 1.807) is 36.0 Å². The molecule has 1 amide bonds. The zero-order chi connectivity index (χ0) is 15.1. The third-order valence-electron chi connectivity index (χ3n) is 2.72. The summed E-state index contributed by atoms with van der Waals surface area (Å²) in [6, 6.07) is 16.5. The highest BCUT2D eigenvalue weighted by Gasteiger charge is 2.06. The lowest BCUT2D eigenvalue weighted by Gasteiger charge is -2.06. The first-order chi connectivity index (χ1) is 10.2. The molecule has 0 heterocycles. The minimum absolute atomic E-state index is 0.104. The van der Waals surface area contributed by atoms with Crippen LogP contribution in [0.15, 0.2) is 53.4 Å².